The van der Waals surface area contributed by atoms with Crippen LogP contribution in [0, 0.1) is 11.8 Å². The standard InChI is InChI=1S/C20H13Cl/c21-19-14-12-18(13-15-19)20-9-5-4-8-17(20)11-10-16-6-2-1-3-7-16/h1-9,12-15H. The zero-order chi connectivity index (χ0) is 14.5. The summed E-state index contributed by atoms with van der Waals surface area (Å²) in [4.78, 5) is 0. The molecule has 0 N–H and O–H groups in total. The maximum atomic E-state index is 5.95. The fraction of sp³-hybridized carbons (Fsp3) is 0. The molecule has 0 aliphatic carbocycles. The minimum atomic E-state index is 0.742. The molecular weight excluding hydrogens is 276 g/mol. The van der Waals surface area contributed by atoms with Crippen LogP contribution < -0.4 is 0 Å². The molecule has 0 aliphatic rings. The average molecular weight is 289 g/mol. The minimum Gasteiger partial charge on any atom is -0.0843 e. The van der Waals surface area contributed by atoms with Crippen LogP contribution in [0.1, 0.15) is 11.1 Å². The molecule has 3 rings (SSSR count). The monoisotopic (exact) mass is 288 g/mol. The lowest BCUT2D eigenvalue weighted by molar-refractivity contribution is 1.58. The molecule has 0 radical (unpaired) electrons. The van der Waals surface area contributed by atoms with Gasteiger partial charge in [0, 0.05) is 16.1 Å². The molecule has 21 heavy (non-hydrogen) atoms. The molecule has 0 bridgehead atoms. The summed E-state index contributed by atoms with van der Waals surface area (Å²) in [6, 6.07) is 26.0. The van der Waals surface area contributed by atoms with Crippen LogP contribution in [-0.2, 0) is 0 Å². The minimum absolute atomic E-state index is 0.742. The van der Waals surface area contributed by atoms with Crippen LogP contribution in [0.25, 0.3) is 11.1 Å². The van der Waals surface area contributed by atoms with E-state index in [1.807, 2.05) is 72.8 Å². The average Bonchev–Trinajstić information content (AvgIpc) is 2.55. The van der Waals surface area contributed by atoms with Gasteiger partial charge < -0.3 is 0 Å². The van der Waals surface area contributed by atoms with E-state index in [-0.39, 0.29) is 0 Å². The first-order chi connectivity index (χ1) is 10.3. The molecule has 0 heterocycles. The molecule has 0 unspecified atom stereocenters. The molecule has 3 aromatic carbocycles. The Balaban J connectivity index is 2.01. The number of benzene rings is 3. The van der Waals surface area contributed by atoms with E-state index < -0.39 is 0 Å². The largest absolute Gasteiger partial charge is 0.0843 e. The van der Waals surface area contributed by atoms with Gasteiger partial charge in [0.25, 0.3) is 0 Å². The summed E-state index contributed by atoms with van der Waals surface area (Å²) in [5.41, 5.74) is 4.28. The highest BCUT2D eigenvalue weighted by atomic mass is 35.5. The maximum absolute atomic E-state index is 5.95. The van der Waals surface area contributed by atoms with E-state index in [1.165, 1.54) is 0 Å². The van der Waals surface area contributed by atoms with Crippen LogP contribution in [0.3, 0.4) is 0 Å². The van der Waals surface area contributed by atoms with E-state index >= 15 is 0 Å². The highest BCUT2D eigenvalue weighted by Gasteiger charge is 2.02. The first-order valence-electron chi connectivity index (χ1n) is 6.75. The fourth-order valence-electron chi connectivity index (χ4n) is 2.13. The van der Waals surface area contributed by atoms with Crippen molar-refractivity contribution in [2.24, 2.45) is 0 Å². The highest BCUT2D eigenvalue weighted by Crippen LogP contribution is 2.24. The second-order valence-electron chi connectivity index (χ2n) is 4.67. The summed E-state index contributed by atoms with van der Waals surface area (Å²) >= 11 is 5.95. The van der Waals surface area contributed by atoms with Crippen LogP contribution in [0.4, 0.5) is 0 Å². The molecular formula is C20H13Cl. The lowest BCUT2D eigenvalue weighted by atomic mass is 10.00. The van der Waals surface area contributed by atoms with Crippen LogP contribution in [0.15, 0.2) is 78.9 Å². The van der Waals surface area contributed by atoms with E-state index in [2.05, 4.69) is 17.9 Å². The predicted molar refractivity (Wildman–Crippen MR) is 89.3 cm³/mol. The van der Waals surface area contributed by atoms with Crippen molar-refractivity contribution in [3.8, 4) is 23.0 Å². The Morgan fingerprint density at radius 2 is 1.29 bits per heavy atom. The molecule has 0 spiro atoms. The van der Waals surface area contributed by atoms with Gasteiger partial charge in [-0.3, -0.25) is 0 Å². The third-order valence-electron chi connectivity index (χ3n) is 3.20. The molecule has 1 heteroatoms. The zero-order valence-electron chi connectivity index (χ0n) is 11.4. The second-order valence-corrected chi connectivity index (χ2v) is 5.10. The molecule has 100 valence electrons. The molecule has 3 aromatic rings. The van der Waals surface area contributed by atoms with Gasteiger partial charge >= 0.3 is 0 Å². The van der Waals surface area contributed by atoms with Gasteiger partial charge in [0.1, 0.15) is 0 Å². The molecule has 0 fully saturated rings. The van der Waals surface area contributed by atoms with Crippen molar-refractivity contribution in [2.75, 3.05) is 0 Å². The van der Waals surface area contributed by atoms with E-state index in [4.69, 9.17) is 11.6 Å². The summed E-state index contributed by atoms with van der Waals surface area (Å²) in [6.45, 7) is 0. The van der Waals surface area contributed by atoms with Crippen LogP contribution in [-0.4, -0.2) is 0 Å². The Hall–Kier alpha value is -2.49. The van der Waals surface area contributed by atoms with E-state index in [0.717, 1.165) is 27.3 Å². The summed E-state index contributed by atoms with van der Waals surface area (Å²) in [5.74, 6) is 6.47. The van der Waals surface area contributed by atoms with Gasteiger partial charge in [0.15, 0.2) is 0 Å². The highest BCUT2D eigenvalue weighted by molar-refractivity contribution is 6.30. The normalized spacial score (nSPS) is 9.76. The number of rotatable bonds is 1. The second kappa shape index (κ2) is 6.31. The van der Waals surface area contributed by atoms with Crippen LogP contribution in [0.5, 0.6) is 0 Å². The van der Waals surface area contributed by atoms with Gasteiger partial charge in [0.05, 0.1) is 0 Å². The first kappa shape index (κ1) is 13.5. The van der Waals surface area contributed by atoms with E-state index in [9.17, 15) is 0 Å². The van der Waals surface area contributed by atoms with Crippen molar-refractivity contribution in [3.63, 3.8) is 0 Å². The first-order valence-corrected chi connectivity index (χ1v) is 7.13. The van der Waals surface area contributed by atoms with Crippen molar-refractivity contribution in [1.29, 1.82) is 0 Å². The zero-order valence-corrected chi connectivity index (χ0v) is 12.1. The van der Waals surface area contributed by atoms with Crippen molar-refractivity contribution in [1.82, 2.24) is 0 Å². The van der Waals surface area contributed by atoms with Gasteiger partial charge in [0.2, 0.25) is 0 Å². The van der Waals surface area contributed by atoms with Gasteiger partial charge in [-0.25, -0.2) is 0 Å². The lowest BCUT2D eigenvalue weighted by Crippen LogP contribution is -1.84. The SMILES string of the molecule is Clc1ccc(-c2ccccc2C#Cc2ccccc2)cc1. The topological polar surface area (TPSA) is 0 Å². The number of hydrogen-bond donors (Lipinski definition) is 0. The lowest BCUT2D eigenvalue weighted by Gasteiger charge is -2.04. The molecule has 0 amide bonds. The van der Waals surface area contributed by atoms with Crippen molar-refractivity contribution in [2.45, 2.75) is 0 Å². The third kappa shape index (κ3) is 3.34. The molecule has 0 saturated carbocycles. The molecule has 0 aliphatic heterocycles. The summed E-state index contributed by atoms with van der Waals surface area (Å²) < 4.78 is 0. The van der Waals surface area contributed by atoms with E-state index in [1.54, 1.807) is 0 Å². The van der Waals surface area contributed by atoms with Gasteiger partial charge in [-0.1, -0.05) is 72.0 Å². The van der Waals surface area contributed by atoms with Crippen molar-refractivity contribution < 1.29 is 0 Å². The molecule has 0 nitrogen and oxygen atoms in total. The van der Waals surface area contributed by atoms with Crippen molar-refractivity contribution in [3.05, 3.63) is 95.0 Å². The predicted octanol–water partition coefficient (Wildman–Crippen LogP) is 5.41. The van der Waals surface area contributed by atoms with Crippen LogP contribution >= 0.6 is 11.6 Å². The Morgan fingerprint density at radius 3 is 2.05 bits per heavy atom. The Kier molecular flexibility index (Phi) is 4.05. The fourth-order valence-corrected chi connectivity index (χ4v) is 2.26. The van der Waals surface area contributed by atoms with Gasteiger partial charge in [-0.2, -0.15) is 0 Å². The number of halogens is 1. The van der Waals surface area contributed by atoms with Crippen molar-refractivity contribution >= 4 is 11.6 Å². The Labute approximate surface area is 130 Å². The number of hydrogen-bond acceptors (Lipinski definition) is 0. The smallest absolute Gasteiger partial charge is 0.0406 e. The summed E-state index contributed by atoms with van der Waals surface area (Å²) in [7, 11) is 0. The Bertz CT molecular complexity index is 790. The summed E-state index contributed by atoms with van der Waals surface area (Å²) in [5, 5.41) is 0.742. The Morgan fingerprint density at radius 1 is 0.619 bits per heavy atom. The third-order valence-corrected chi connectivity index (χ3v) is 3.45. The maximum Gasteiger partial charge on any atom is 0.0406 e. The van der Waals surface area contributed by atoms with Gasteiger partial charge in [-0.05, 0) is 41.5 Å². The summed E-state index contributed by atoms with van der Waals surface area (Å²) in [6.07, 6.45) is 0. The molecule has 0 aromatic heterocycles. The van der Waals surface area contributed by atoms with E-state index in [0.29, 0.717) is 0 Å². The molecule has 0 atom stereocenters. The van der Waals surface area contributed by atoms with Gasteiger partial charge in [-0.15, -0.1) is 0 Å². The molecule has 0 saturated heterocycles. The quantitative estimate of drug-likeness (QED) is 0.525. The van der Waals surface area contributed by atoms with Crippen LogP contribution in [0.2, 0.25) is 5.02 Å².